The number of carbonyl (C=O) groups excluding carboxylic acids is 1. The molecule has 8 heteroatoms. The largest absolute Gasteiger partial charge is 0.407 e. The standard InChI is InChI=1S/C7H9BIN2O2PS/c9-11-6(8-15-14)7(12)13-5-3-1-2-4-10-5/h1-4,6,8,11H,14H2. The first-order valence-corrected chi connectivity index (χ1v) is 7.62. The van der Waals surface area contributed by atoms with Gasteiger partial charge in [-0.25, -0.2) is 4.98 Å². The van der Waals surface area contributed by atoms with Crippen molar-refractivity contribution in [3.8, 4) is 5.88 Å². The number of ether oxygens (including phenoxy) is 1. The zero-order valence-electron chi connectivity index (χ0n) is 7.72. The van der Waals surface area contributed by atoms with Crippen molar-refractivity contribution in [2.75, 3.05) is 0 Å². The molecule has 0 saturated carbocycles. The van der Waals surface area contributed by atoms with Crippen molar-refractivity contribution in [2.24, 2.45) is 0 Å². The molecule has 0 aliphatic carbocycles. The number of halogens is 1. The Bertz CT molecular complexity index is 319. The Labute approximate surface area is 109 Å². The highest BCUT2D eigenvalue weighted by molar-refractivity contribution is 14.1. The predicted octanol–water partition coefficient (Wildman–Crippen LogP) is 1.13. The van der Waals surface area contributed by atoms with E-state index in [0.29, 0.717) is 12.4 Å². The SMILES string of the molecule is O=C(Oc1ccccn1)C(BSP)NI. The van der Waals surface area contributed by atoms with Crippen molar-refractivity contribution in [3.63, 3.8) is 0 Å². The monoisotopic (exact) mass is 354 g/mol. The molecule has 1 heterocycles. The lowest BCUT2D eigenvalue weighted by Crippen LogP contribution is -2.38. The van der Waals surface area contributed by atoms with Gasteiger partial charge < -0.3 is 4.74 Å². The van der Waals surface area contributed by atoms with Crippen molar-refractivity contribution >= 4 is 55.1 Å². The van der Waals surface area contributed by atoms with Gasteiger partial charge in [0.15, 0.2) is 0 Å². The third-order valence-electron chi connectivity index (χ3n) is 1.52. The summed E-state index contributed by atoms with van der Waals surface area (Å²) >= 11 is 3.44. The average molecular weight is 354 g/mol. The summed E-state index contributed by atoms with van der Waals surface area (Å²) < 4.78 is 7.94. The van der Waals surface area contributed by atoms with Gasteiger partial charge in [-0.2, -0.15) is 11.2 Å². The van der Waals surface area contributed by atoms with E-state index in [2.05, 4.69) is 17.0 Å². The summed E-state index contributed by atoms with van der Waals surface area (Å²) in [7, 11) is 2.50. The van der Waals surface area contributed by atoms with Gasteiger partial charge in [0.2, 0.25) is 12.4 Å². The molecule has 0 aliphatic heterocycles. The lowest BCUT2D eigenvalue weighted by molar-refractivity contribution is -0.134. The van der Waals surface area contributed by atoms with Gasteiger partial charge in [0, 0.05) is 35.1 Å². The van der Waals surface area contributed by atoms with Gasteiger partial charge >= 0.3 is 5.97 Å². The summed E-state index contributed by atoms with van der Waals surface area (Å²) in [5.74, 6) is -0.318. The molecule has 2 unspecified atom stereocenters. The molecule has 0 fully saturated rings. The average Bonchev–Trinajstić information content (AvgIpc) is 2.27. The Morgan fingerprint density at radius 1 is 1.73 bits per heavy atom. The summed E-state index contributed by atoms with van der Waals surface area (Å²) in [6, 6.07) is 5.19. The van der Waals surface area contributed by atoms with E-state index in [1.807, 2.05) is 22.9 Å². The van der Waals surface area contributed by atoms with E-state index in [-0.39, 0.29) is 11.9 Å². The number of hydrogen-bond acceptors (Lipinski definition) is 5. The van der Waals surface area contributed by atoms with Crippen molar-refractivity contribution in [1.82, 2.24) is 8.51 Å². The summed E-state index contributed by atoms with van der Waals surface area (Å²) in [5.41, 5.74) is 0. The second kappa shape index (κ2) is 7.43. The summed E-state index contributed by atoms with van der Waals surface area (Å²) in [5, 5.41) is 0. The van der Waals surface area contributed by atoms with Crippen LogP contribution in [0.2, 0.25) is 0 Å². The van der Waals surface area contributed by atoms with Gasteiger partial charge in [-0.3, -0.25) is 8.32 Å². The normalized spacial score (nSPS) is 11.9. The molecule has 1 aromatic heterocycles. The molecule has 15 heavy (non-hydrogen) atoms. The number of esters is 1. The Balaban J connectivity index is 2.54. The topological polar surface area (TPSA) is 51.2 Å². The zero-order valence-corrected chi connectivity index (χ0v) is 11.8. The molecule has 1 rings (SSSR count). The number of hydrogen-bond donors (Lipinski definition) is 1. The molecule has 0 aromatic carbocycles. The van der Waals surface area contributed by atoms with Crippen LogP contribution in [0, 0.1) is 0 Å². The maximum absolute atomic E-state index is 11.6. The van der Waals surface area contributed by atoms with Crippen LogP contribution >= 0.6 is 42.5 Å². The number of aromatic nitrogens is 1. The van der Waals surface area contributed by atoms with E-state index in [9.17, 15) is 4.79 Å². The first-order chi connectivity index (χ1) is 7.27. The van der Waals surface area contributed by atoms with Crippen LogP contribution in [0.1, 0.15) is 0 Å². The second-order valence-electron chi connectivity index (χ2n) is 2.58. The molecular weight excluding hydrogens is 345 g/mol. The predicted molar refractivity (Wildman–Crippen MR) is 75.3 cm³/mol. The van der Waals surface area contributed by atoms with Crippen molar-refractivity contribution in [3.05, 3.63) is 24.4 Å². The molecule has 0 amide bonds. The minimum atomic E-state index is -0.324. The van der Waals surface area contributed by atoms with Crippen molar-refractivity contribution < 1.29 is 9.53 Å². The highest BCUT2D eigenvalue weighted by atomic mass is 127. The highest BCUT2D eigenvalue weighted by Crippen LogP contribution is 2.11. The van der Waals surface area contributed by atoms with Crippen molar-refractivity contribution in [1.29, 1.82) is 0 Å². The Morgan fingerprint density at radius 3 is 3.07 bits per heavy atom. The fourth-order valence-corrected chi connectivity index (χ4v) is 2.58. The Morgan fingerprint density at radius 2 is 2.53 bits per heavy atom. The first kappa shape index (κ1) is 13.2. The van der Waals surface area contributed by atoms with E-state index in [1.54, 1.807) is 24.4 Å². The fourth-order valence-electron chi connectivity index (χ4n) is 0.822. The molecule has 0 aliphatic rings. The Kier molecular flexibility index (Phi) is 6.55. The van der Waals surface area contributed by atoms with E-state index in [4.69, 9.17) is 4.74 Å². The van der Waals surface area contributed by atoms with Crippen LogP contribution in [0.4, 0.5) is 0 Å². The minimum absolute atomic E-state index is 0.321. The number of nitrogens with one attached hydrogen (secondary N) is 1. The lowest BCUT2D eigenvalue weighted by Gasteiger charge is -2.10. The maximum Gasteiger partial charge on any atom is 0.323 e. The summed E-state index contributed by atoms with van der Waals surface area (Å²) in [6.07, 6.45) is 1.58. The molecule has 1 N–H and O–H groups in total. The van der Waals surface area contributed by atoms with Crippen LogP contribution in [0.3, 0.4) is 0 Å². The molecule has 2 atom stereocenters. The number of pyridine rings is 1. The molecule has 0 radical (unpaired) electrons. The molecule has 0 bridgehead atoms. The maximum atomic E-state index is 11.6. The van der Waals surface area contributed by atoms with Gasteiger partial charge in [-0.05, 0) is 6.07 Å². The van der Waals surface area contributed by atoms with E-state index in [0.717, 1.165) is 0 Å². The van der Waals surface area contributed by atoms with E-state index < -0.39 is 0 Å². The zero-order chi connectivity index (χ0) is 11.1. The van der Waals surface area contributed by atoms with Crippen molar-refractivity contribution in [2.45, 2.75) is 5.94 Å². The molecule has 1 aromatic rings. The van der Waals surface area contributed by atoms with E-state index in [1.165, 1.54) is 11.2 Å². The van der Waals surface area contributed by atoms with Crippen LogP contribution in [-0.4, -0.2) is 23.5 Å². The molecule has 80 valence electrons. The minimum Gasteiger partial charge on any atom is -0.407 e. The quantitative estimate of drug-likeness (QED) is 0.283. The van der Waals surface area contributed by atoms with Crippen LogP contribution in [0.15, 0.2) is 24.4 Å². The lowest BCUT2D eigenvalue weighted by atomic mass is 9.96. The number of nitrogens with zero attached hydrogens (tertiary/aromatic N) is 1. The van der Waals surface area contributed by atoms with Gasteiger partial charge in [-0.1, -0.05) is 14.5 Å². The molecule has 4 nitrogen and oxygen atoms in total. The van der Waals surface area contributed by atoms with Gasteiger partial charge in [0.05, 0.1) is 5.94 Å². The highest BCUT2D eigenvalue weighted by Gasteiger charge is 2.20. The first-order valence-electron chi connectivity index (χ1n) is 4.08. The van der Waals surface area contributed by atoms with Gasteiger partial charge in [0.1, 0.15) is 0 Å². The smallest absolute Gasteiger partial charge is 0.323 e. The third-order valence-corrected chi connectivity index (χ3v) is 3.38. The molecular formula is C7H9BIN2O2PS. The number of rotatable bonds is 5. The van der Waals surface area contributed by atoms with Crippen LogP contribution in [0.25, 0.3) is 0 Å². The van der Waals surface area contributed by atoms with E-state index >= 15 is 0 Å². The van der Waals surface area contributed by atoms with Crippen LogP contribution in [-0.2, 0) is 4.79 Å². The van der Waals surface area contributed by atoms with Crippen LogP contribution in [0.5, 0.6) is 5.88 Å². The van der Waals surface area contributed by atoms with Gasteiger partial charge in [0.25, 0.3) is 0 Å². The summed E-state index contributed by atoms with van der Waals surface area (Å²) in [4.78, 5) is 15.5. The van der Waals surface area contributed by atoms with Gasteiger partial charge in [-0.15, -0.1) is 0 Å². The van der Waals surface area contributed by atoms with Crippen LogP contribution < -0.4 is 8.27 Å². The molecule has 0 spiro atoms. The fraction of sp³-hybridized carbons (Fsp3) is 0.143. The molecule has 0 saturated heterocycles. The Hall–Kier alpha value is 0.155. The second-order valence-corrected chi connectivity index (χ2v) is 4.87. The summed E-state index contributed by atoms with van der Waals surface area (Å²) in [6.45, 7) is 0.638. The third kappa shape index (κ3) is 4.67. The number of carbonyl (C=O) groups is 1.